The first-order chi connectivity index (χ1) is 7.05. The fourth-order valence-corrected chi connectivity index (χ4v) is 1.84. The van der Waals surface area contributed by atoms with Crippen LogP contribution in [0.3, 0.4) is 0 Å². The second-order valence-corrected chi connectivity index (χ2v) is 5.30. The van der Waals surface area contributed by atoms with Crippen LogP contribution in [0.2, 0.25) is 0 Å². The minimum Gasteiger partial charge on any atom is -0.396 e. The summed E-state index contributed by atoms with van der Waals surface area (Å²) < 4.78 is 0. The zero-order valence-electron chi connectivity index (χ0n) is 11.0. The second kappa shape index (κ2) is 8.12. The van der Waals surface area contributed by atoms with Gasteiger partial charge in [-0.1, -0.05) is 40.5 Å². The van der Waals surface area contributed by atoms with Gasteiger partial charge in [-0.3, -0.25) is 0 Å². The van der Waals surface area contributed by atoms with Gasteiger partial charge in [0.1, 0.15) is 0 Å². The molecule has 0 rings (SSSR count). The third kappa shape index (κ3) is 7.80. The highest BCUT2D eigenvalue weighted by atomic mass is 16.2. The lowest BCUT2D eigenvalue weighted by Gasteiger charge is -2.26. The van der Waals surface area contributed by atoms with Crippen LogP contribution in [0.25, 0.3) is 0 Å². The lowest BCUT2D eigenvalue weighted by atomic mass is 9.87. The van der Waals surface area contributed by atoms with E-state index in [-0.39, 0.29) is 0 Å². The van der Waals surface area contributed by atoms with Crippen LogP contribution in [-0.4, -0.2) is 24.8 Å². The molecule has 0 saturated carbocycles. The predicted molar refractivity (Wildman–Crippen MR) is 67.0 cm³/mol. The van der Waals surface area contributed by atoms with Gasteiger partial charge in [0.15, 0.2) is 0 Å². The summed E-state index contributed by atoms with van der Waals surface area (Å²) >= 11 is 0. The molecule has 0 saturated heterocycles. The molecular weight excluding hydrogens is 186 g/mol. The average Bonchev–Trinajstić information content (AvgIpc) is 2.22. The van der Waals surface area contributed by atoms with Crippen molar-refractivity contribution in [1.82, 2.24) is 5.32 Å². The summed E-state index contributed by atoms with van der Waals surface area (Å²) in [4.78, 5) is 0. The van der Waals surface area contributed by atoms with Crippen LogP contribution in [0.5, 0.6) is 0 Å². The summed E-state index contributed by atoms with van der Waals surface area (Å²) in [5.74, 6) is 0.818. The average molecular weight is 215 g/mol. The smallest absolute Gasteiger partial charge is 0.0431 e. The van der Waals surface area contributed by atoms with Crippen molar-refractivity contribution in [2.75, 3.05) is 19.7 Å². The molecule has 0 aliphatic carbocycles. The maximum Gasteiger partial charge on any atom is 0.0431 e. The minimum absolute atomic E-state index is 0.314. The van der Waals surface area contributed by atoms with Gasteiger partial charge in [-0.15, -0.1) is 0 Å². The molecule has 2 nitrogen and oxygen atoms in total. The molecule has 0 spiro atoms. The molecule has 0 radical (unpaired) electrons. The summed E-state index contributed by atoms with van der Waals surface area (Å²) in [5.41, 5.74) is 0.314. The molecule has 92 valence electrons. The largest absolute Gasteiger partial charge is 0.396 e. The molecule has 0 aromatic heterocycles. The Labute approximate surface area is 95.5 Å². The molecule has 0 aromatic carbocycles. The van der Waals surface area contributed by atoms with Crippen LogP contribution >= 0.6 is 0 Å². The number of rotatable bonds is 9. The fraction of sp³-hybridized carbons (Fsp3) is 1.00. The van der Waals surface area contributed by atoms with Crippen molar-refractivity contribution >= 4 is 0 Å². The Bertz CT molecular complexity index is 141. The SMILES string of the molecule is CCC(CC)CNCC(C)(C)CCCO. The standard InChI is InChI=1S/C13H29NO/c1-5-12(6-2)10-14-11-13(3,4)8-7-9-15/h12,14-15H,5-11H2,1-4H3. The van der Waals surface area contributed by atoms with Crippen LogP contribution in [0, 0.1) is 11.3 Å². The molecule has 2 heteroatoms. The van der Waals surface area contributed by atoms with Gasteiger partial charge in [-0.05, 0) is 30.7 Å². The van der Waals surface area contributed by atoms with Crippen molar-refractivity contribution < 1.29 is 5.11 Å². The van der Waals surface area contributed by atoms with Gasteiger partial charge in [0.05, 0.1) is 0 Å². The van der Waals surface area contributed by atoms with E-state index in [1.165, 1.54) is 12.8 Å². The van der Waals surface area contributed by atoms with Crippen LogP contribution in [-0.2, 0) is 0 Å². The molecule has 15 heavy (non-hydrogen) atoms. The Kier molecular flexibility index (Phi) is 8.07. The summed E-state index contributed by atoms with van der Waals surface area (Å²) in [5, 5.41) is 12.4. The number of nitrogens with one attached hydrogen (secondary N) is 1. The normalized spacial score (nSPS) is 12.4. The molecule has 0 fully saturated rings. The van der Waals surface area contributed by atoms with E-state index in [1.807, 2.05) is 0 Å². The first-order valence-electron chi connectivity index (χ1n) is 6.37. The first kappa shape index (κ1) is 14.9. The van der Waals surface area contributed by atoms with Crippen molar-refractivity contribution in [3.8, 4) is 0 Å². The monoisotopic (exact) mass is 215 g/mol. The topological polar surface area (TPSA) is 32.3 Å². The highest BCUT2D eigenvalue weighted by molar-refractivity contribution is 4.72. The summed E-state index contributed by atoms with van der Waals surface area (Å²) in [6, 6.07) is 0. The van der Waals surface area contributed by atoms with Crippen LogP contribution < -0.4 is 5.32 Å². The van der Waals surface area contributed by atoms with E-state index in [2.05, 4.69) is 33.0 Å². The van der Waals surface area contributed by atoms with Gasteiger partial charge in [-0.2, -0.15) is 0 Å². The summed E-state index contributed by atoms with van der Waals surface area (Å²) in [7, 11) is 0. The number of aliphatic hydroxyl groups is 1. The van der Waals surface area contributed by atoms with Gasteiger partial charge in [0.25, 0.3) is 0 Å². The fourth-order valence-electron chi connectivity index (χ4n) is 1.84. The van der Waals surface area contributed by atoms with E-state index >= 15 is 0 Å². The molecule has 2 N–H and O–H groups in total. The maximum atomic E-state index is 8.80. The van der Waals surface area contributed by atoms with E-state index in [4.69, 9.17) is 5.11 Å². The van der Waals surface area contributed by atoms with E-state index in [0.29, 0.717) is 12.0 Å². The quantitative estimate of drug-likeness (QED) is 0.620. The van der Waals surface area contributed by atoms with E-state index < -0.39 is 0 Å². The third-order valence-corrected chi connectivity index (χ3v) is 3.20. The van der Waals surface area contributed by atoms with Crippen molar-refractivity contribution in [1.29, 1.82) is 0 Å². The van der Waals surface area contributed by atoms with Gasteiger partial charge in [0, 0.05) is 13.2 Å². The zero-order chi connectivity index (χ0) is 11.7. The summed E-state index contributed by atoms with van der Waals surface area (Å²) in [6.07, 6.45) is 4.54. The Balaban J connectivity index is 3.63. The van der Waals surface area contributed by atoms with Gasteiger partial charge in [-0.25, -0.2) is 0 Å². The highest BCUT2D eigenvalue weighted by Gasteiger charge is 2.16. The molecule has 0 aliphatic rings. The molecule has 0 heterocycles. The molecule has 0 amide bonds. The summed E-state index contributed by atoms with van der Waals surface area (Å²) in [6.45, 7) is 11.6. The Hall–Kier alpha value is -0.0800. The Morgan fingerprint density at radius 1 is 1.20 bits per heavy atom. The van der Waals surface area contributed by atoms with Crippen molar-refractivity contribution in [3.63, 3.8) is 0 Å². The number of hydrogen-bond donors (Lipinski definition) is 2. The van der Waals surface area contributed by atoms with E-state index in [9.17, 15) is 0 Å². The van der Waals surface area contributed by atoms with Gasteiger partial charge in [0.2, 0.25) is 0 Å². The van der Waals surface area contributed by atoms with E-state index in [1.54, 1.807) is 0 Å². The molecular formula is C13H29NO. The van der Waals surface area contributed by atoms with Gasteiger partial charge >= 0.3 is 0 Å². The van der Waals surface area contributed by atoms with E-state index in [0.717, 1.165) is 31.8 Å². The van der Waals surface area contributed by atoms with Crippen molar-refractivity contribution in [3.05, 3.63) is 0 Å². The molecule has 0 aromatic rings. The lowest BCUT2D eigenvalue weighted by Crippen LogP contribution is -2.32. The molecule has 0 unspecified atom stereocenters. The van der Waals surface area contributed by atoms with Crippen LogP contribution in [0.15, 0.2) is 0 Å². The lowest BCUT2D eigenvalue weighted by molar-refractivity contribution is 0.234. The van der Waals surface area contributed by atoms with Crippen LogP contribution in [0.1, 0.15) is 53.4 Å². The molecule has 0 bridgehead atoms. The van der Waals surface area contributed by atoms with Crippen LogP contribution in [0.4, 0.5) is 0 Å². The Morgan fingerprint density at radius 2 is 1.80 bits per heavy atom. The highest BCUT2D eigenvalue weighted by Crippen LogP contribution is 2.20. The van der Waals surface area contributed by atoms with Gasteiger partial charge < -0.3 is 10.4 Å². The van der Waals surface area contributed by atoms with Crippen molar-refractivity contribution in [2.45, 2.75) is 53.4 Å². The molecule has 0 aliphatic heterocycles. The maximum absolute atomic E-state index is 8.80. The third-order valence-electron chi connectivity index (χ3n) is 3.20. The first-order valence-corrected chi connectivity index (χ1v) is 6.37. The minimum atomic E-state index is 0.314. The van der Waals surface area contributed by atoms with Crippen molar-refractivity contribution in [2.24, 2.45) is 11.3 Å². The Morgan fingerprint density at radius 3 is 2.27 bits per heavy atom. The zero-order valence-corrected chi connectivity index (χ0v) is 11.0. The number of hydrogen-bond acceptors (Lipinski definition) is 2. The molecule has 0 atom stereocenters. The predicted octanol–water partition coefficient (Wildman–Crippen LogP) is 2.81. The second-order valence-electron chi connectivity index (χ2n) is 5.30. The number of aliphatic hydroxyl groups excluding tert-OH is 1.